The molecule has 3 heteroatoms. The predicted octanol–water partition coefficient (Wildman–Crippen LogP) is 5.40. The summed E-state index contributed by atoms with van der Waals surface area (Å²) in [6, 6.07) is 21.7. The van der Waals surface area contributed by atoms with Crippen molar-refractivity contribution in [1.29, 1.82) is 0 Å². The van der Waals surface area contributed by atoms with Crippen LogP contribution in [-0.2, 0) is 12.8 Å². The lowest BCUT2D eigenvalue weighted by Crippen LogP contribution is -2.31. The lowest BCUT2D eigenvalue weighted by Gasteiger charge is -2.25. The molecule has 2 nitrogen and oxygen atoms in total. The number of aromatic nitrogens is 1. The first-order valence-corrected chi connectivity index (χ1v) is 9.17. The van der Waals surface area contributed by atoms with E-state index in [9.17, 15) is 0 Å². The minimum atomic E-state index is 0.306. The third kappa shape index (κ3) is 2.53. The average molecular weight is 347 g/mol. The lowest BCUT2D eigenvalue weighted by atomic mass is 9.92. The van der Waals surface area contributed by atoms with Crippen molar-refractivity contribution in [3.63, 3.8) is 0 Å². The summed E-state index contributed by atoms with van der Waals surface area (Å²) in [4.78, 5) is 3.64. The Labute approximate surface area is 151 Å². The van der Waals surface area contributed by atoms with E-state index in [-0.39, 0.29) is 0 Å². The maximum atomic E-state index is 6.22. The van der Waals surface area contributed by atoms with Gasteiger partial charge in [0.05, 0.1) is 6.04 Å². The summed E-state index contributed by atoms with van der Waals surface area (Å²) in [5.41, 5.74) is 5.30. The molecule has 0 fully saturated rings. The molecule has 0 radical (unpaired) electrons. The molecule has 4 aromatic rings. The SMILES string of the molecule is Clc1ccc2[nH]c3c(c2c1)CCNC3Cc1cccc2ccccc12. The Balaban J connectivity index is 1.59. The molecule has 1 aromatic heterocycles. The van der Waals surface area contributed by atoms with Gasteiger partial charge in [-0.2, -0.15) is 0 Å². The molecule has 5 rings (SSSR count). The molecule has 0 saturated heterocycles. The van der Waals surface area contributed by atoms with Gasteiger partial charge in [-0.3, -0.25) is 0 Å². The second-order valence-electron chi connectivity index (χ2n) is 6.81. The second kappa shape index (κ2) is 5.91. The Bertz CT molecular complexity index is 1070. The molecule has 1 unspecified atom stereocenters. The highest BCUT2D eigenvalue weighted by molar-refractivity contribution is 6.31. The highest BCUT2D eigenvalue weighted by atomic mass is 35.5. The summed E-state index contributed by atoms with van der Waals surface area (Å²) in [7, 11) is 0. The van der Waals surface area contributed by atoms with E-state index in [1.807, 2.05) is 6.07 Å². The van der Waals surface area contributed by atoms with Crippen molar-refractivity contribution in [1.82, 2.24) is 10.3 Å². The summed E-state index contributed by atoms with van der Waals surface area (Å²) in [5.74, 6) is 0. The first kappa shape index (κ1) is 15.0. The maximum Gasteiger partial charge on any atom is 0.0517 e. The molecular weight excluding hydrogens is 328 g/mol. The van der Waals surface area contributed by atoms with Gasteiger partial charge in [-0.15, -0.1) is 0 Å². The summed E-state index contributed by atoms with van der Waals surface area (Å²) >= 11 is 6.22. The van der Waals surface area contributed by atoms with Crippen LogP contribution in [-0.4, -0.2) is 11.5 Å². The Kier molecular flexibility index (Phi) is 3.54. The number of H-pyrrole nitrogens is 1. The monoisotopic (exact) mass is 346 g/mol. The van der Waals surface area contributed by atoms with E-state index in [4.69, 9.17) is 11.6 Å². The zero-order valence-corrected chi connectivity index (χ0v) is 14.6. The number of aromatic amines is 1. The molecule has 1 atom stereocenters. The molecule has 2 heterocycles. The van der Waals surface area contributed by atoms with Crippen LogP contribution < -0.4 is 5.32 Å². The van der Waals surface area contributed by atoms with Crippen molar-refractivity contribution in [3.8, 4) is 0 Å². The van der Waals surface area contributed by atoms with Crippen LogP contribution in [0.25, 0.3) is 21.7 Å². The first-order valence-electron chi connectivity index (χ1n) is 8.79. The van der Waals surface area contributed by atoms with Crippen molar-refractivity contribution in [2.45, 2.75) is 18.9 Å². The molecule has 124 valence electrons. The molecule has 0 spiro atoms. The molecule has 1 aliphatic rings. The van der Waals surface area contributed by atoms with Crippen LogP contribution in [0.4, 0.5) is 0 Å². The van der Waals surface area contributed by atoms with Crippen LogP contribution in [0.5, 0.6) is 0 Å². The second-order valence-corrected chi connectivity index (χ2v) is 7.24. The molecule has 0 aliphatic carbocycles. The van der Waals surface area contributed by atoms with Gasteiger partial charge in [0.1, 0.15) is 0 Å². The van der Waals surface area contributed by atoms with Gasteiger partial charge in [-0.05, 0) is 59.5 Å². The van der Waals surface area contributed by atoms with Crippen LogP contribution in [0.3, 0.4) is 0 Å². The van der Waals surface area contributed by atoms with Crippen LogP contribution in [0.1, 0.15) is 22.9 Å². The zero-order chi connectivity index (χ0) is 16.8. The normalized spacial score (nSPS) is 17.1. The molecule has 0 saturated carbocycles. The molecule has 3 aromatic carbocycles. The fourth-order valence-electron chi connectivity index (χ4n) is 4.15. The molecule has 0 amide bonds. The molecule has 2 N–H and O–H groups in total. The van der Waals surface area contributed by atoms with E-state index in [1.54, 1.807) is 0 Å². The van der Waals surface area contributed by atoms with E-state index in [1.165, 1.54) is 38.5 Å². The number of nitrogens with one attached hydrogen (secondary N) is 2. The summed E-state index contributed by atoms with van der Waals surface area (Å²) < 4.78 is 0. The highest BCUT2D eigenvalue weighted by Gasteiger charge is 2.24. The molecular formula is C22H19ClN2. The van der Waals surface area contributed by atoms with Gasteiger partial charge in [0.25, 0.3) is 0 Å². The summed E-state index contributed by atoms with van der Waals surface area (Å²) in [5, 5.41) is 8.42. The van der Waals surface area contributed by atoms with Crippen LogP contribution >= 0.6 is 11.6 Å². The van der Waals surface area contributed by atoms with Crippen molar-refractivity contribution < 1.29 is 0 Å². The summed E-state index contributed by atoms with van der Waals surface area (Å²) in [6.07, 6.45) is 2.02. The number of hydrogen-bond donors (Lipinski definition) is 2. The van der Waals surface area contributed by atoms with E-state index >= 15 is 0 Å². The van der Waals surface area contributed by atoms with Gasteiger partial charge < -0.3 is 10.3 Å². The highest BCUT2D eigenvalue weighted by Crippen LogP contribution is 2.34. The van der Waals surface area contributed by atoms with Gasteiger partial charge in [0.15, 0.2) is 0 Å². The van der Waals surface area contributed by atoms with Gasteiger partial charge in [0.2, 0.25) is 0 Å². The topological polar surface area (TPSA) is 27.8 Å². The third-order valence-electron chi connectivity index (χ3n) is 5.32. The fourth-order valence-corrected chi connectivity index (χ4v) is 4.32. The van der Waals surface area contributed by atoms with Crippen molar-refractivity contribution in [2.24, 2.45) is 0 Å². The van der Waals surface area contributed by atoms with E-state index < -0.39 is 0 Å². The lowest BCUT2D eigenvalue weighted by molar-refractivity contribution is 0.496. The Hall–Kier alpha value is -2.29. The largest absolute Gasteiger partial charge is 0.357 e. The van der Waals surface area contributed by atoms with E-state index in [2.05, 4.69) is 64.9 Å². The van der Waals surface area contributed by atoms with Gasteiger partial charge in [-0.1, -0.05) is 54.1 Å². The smallest absolute Gasteiger partial charge is 0.0517 e. The minimum absolute atomic E-state index is 0.306. The number of hydrogen-bond acceptors (Lipinski definition) is 1. The number of rotatable bonds is 2. The maximum absolute atomic E-state index is 6.22. The number of halogens is 1. The predicted molar refractivity (Wildman–Crippen MR) is 105 cm³/mol. The van der Waals surface area contributed by atoms with E-state index in [0.29, 0.717) is 6.04 Å². The zero-order valence-electron chi connectivity index (χ0n) is 13.9. The first-order chi connectivity index (χ1) is 12.3. The Morgan fingerprint density at radius 1 is 0.960 bits per heavy atom. The van der Waals surface area contributed by atoms with Crippen LogP contribution in [0.2, 0.25) is 5.02 Å². The van der Waals surface area contributed by atoms with E-state index in [0.717, 1.165) is 24.4 Å². The van der Waals surface area contributed by atoms with Crippen molar-refractivity contribution in [3.05, 3.63) is 82.5 Å². The van der Waals surface area contributed by atoms with Crippen molar-refractivity contribution in [2.75, 3.05) is 6.54 Å². The molecule has 0 bridgehead atoms. The Morgan fingerprint density at radius 3 is 2.80 bits per heavy atom. The standard InChI is InChI=1S/C22H19ClN2/c23-16-8-9-20-19(13-16)18-10-11-24-21(22(18)25-20)12-15-6-3-5-14-4-1-2-7-17(14)15/h1-9,13,21,24-25H,10-12H2. The van der Waals surface area contributed by atoms with Crippen LogP contribution in [0.15, 0.2) is 60.7 Å². The van der Waals surface area contributed by atoms with Gasteiger partial charge >= 0.3 is 0 Å². The van der Waals surface area contributed by atoms with Gasteiger partial charge in [0, 0.05) is 21.6 Å². The summed E-state index contributed by atoms with van der Waals surface area (Å²) in [6.45, 7) is 1.00. The van der Waals surface area contributed by atoms with Gasteiger partial charge in [-0.25, -0.2) is 0 Å². The third-order valence-corrected chi connectivity index (χ3v) is 5.55. The quantitative estimate of drug-likeness (QED) is 0.499. The Morgan fingerprint density at radius 2 is 1.84 bits per heavy atom. The fraction of sp³-hybridized carbons (Fsp3) is 0.182. The van der Waals surface area contributed by atoms with Crippen LogP contribution in [0, 0.1) is 0 Å². The molecule has 25 heavy (non-hydrogen) atoms. The number of benzene rings is 3. The minimum Gasteiger partial charge on any atom is -0.357 e. The van der Waals surface area contributed by atoms with Crippen molar-refractivity contribution >= 4 is 33.3 Å². The number of fused-ring (bicyclic) bond motifs is 4. The average Bonchev–Trinajstić information content (AvgIpc) is 3.01. The molecule has 1 aliphatic heterocycles.